The van der Waals surface area contributed by atoms with E-state index in [4.69, 9.17) is 5.73 Å². The number of para-hydroxylation sites is 1. The molecule has 0 bridgehead atoms. The quantitative estimate of drug-likeness (QED) is 0.800. The summed E-state index contributed by atoms with van der Waals surface area (Å²) in [6.07, 6.45) is 5.00. The van der Waals surface area contributed by atoms with Crippen molar-refractivity contribution in [2.24, 2.45) is 0 Å². The normalized spacial score (nSPS) is 11.2. The zero-order chi connectivity index (χ0) is 12.3. The van der Waals surface area contributed by atoms with E-state index in [9.17, 15) is 0 Å². The van der Waals surface area contributed by atoms with Gasteiger partial charge in [-0.3, -0.25) is 0 Å². The molecule has 2 rings (SSSR count). The first kappa shape index (κ1) is 12.0. The molecule has 1 heterocycles. The van der Waals surface area contributed by atoms with Crippen LogP contribution in [0, 0.1) is 6.92 Å². The lowest BCUT2D eigenvalue weighted by Gasteiger charge is -2.06. The fraction of sp³-hybridized carbons (Fsp3) is 0.500. The van der Waals surface area contributed by atoms with Gasteiger partial charge in [0.25, 0.3) is 0 Å². The van der Waals surface area contributed by atoms with E-state index in [1.807, 2.05) is 0 Å². The van der Waals surface area contributed by atoms with E-state index in [1.165, 1.54) is 36.8 Å². The van der Waals surface area contributed by atoms with Crippen molar-refractivity contribution in [3.8, 4) is 0 Å². The monoisotopic (exact) mass is 231 g/mol. The minimum absolute atomic E-state index is 0.644. The number of nitrogens with two attached hydrogens (primary N) is 1. The maximum absolute atomic E-state index is 5.99. The molecular formula is C14H21N3. The van der Waals surface area contributed by atoms with Gasteiger partial charge in [-0.2, -0.15) is 0 Å². The van der Waals surface area contributed by atoms with Gasteiger partial charge in [0.1, 0.15) is 0 Å². The first-order valence-electron chi connectivity index (χ1n) is 6.45. The van der Waals surface area contributed by atoms with Crippen LogP contribution in [0.2, 0.25) is 0 Å². The van der Waals surface area contributed by atoms with E-state index >= 15 is 0 Å². The number of aryl methyl sites for hydroxylation is 2. The topological polar surface area (TPSA) is 43.8 Å². The number of hydrogen-bond acceptors (Lipinski definition) is 2. The van der Waals surface area contributed by atoms with Crippen LogP contribution in [0.1, 0.15) is 38.2 Å². The van der Waals surface area contributed by atoms with Crippen LogP contribution in [0.5, 0.6) is 0 Å². The fourth-order valence-corrected chi connectivity index (χ4v) is 2.24. The van der Waals surface area contributed by atoms with Gasteiger partial charge in [-0.05, 0) is 25.0 Å². The lowest BCUT2D eigenvalue weighted by Crippen LogP contribution is -2.03. The molecule has 0 atom stereocenters. The molecule has 2 N–H and O–H groups in total. The van der Waals surface area contributed by atoms with Crippen LogP contribution < -0.4 is 5.73 Å². The van der Waals surface area contributed by atoms with E-state index < -0.39 is 0 Å². The molecule has 1 aromatic heterocycles. The zero-order valence-corrected chi connectivity index (χ0v) is 10.7. The number of rotatable bonds is 5. The van der Waals surface area contributed by atoms with Crippen molar-refractivity contribution in [3.63, 3.8) is 0 Å². The third kappa shape index (κ3) is 2.43. The van der Waals surface area contributed by atoms with Crippen molar-refractivity contribution in [1.82, 2.24) is 9.55 Å². The third-order valence-corrected chi connectivity index (χ3v) is 3.25. The maximum Gasteiger partial charge on any atom is 0.201 e. The predicted octanol–water partition coefficient (Wildman–Crippen LogP) is 3.51. The highest BCUT2D eigenvalue weighted by Crippen LogP contribution is 2.21. The highest BCUT2D eigenvalue weighted by atomic mass is 15.1. The first-order chi connectivity index (χ1) is 8.24. The second kappa shape index (κ2) is 5.21. The lowest BCUT2D eigenvalue weighted by molar-refractivity contribution is 0.595. The number of benzene rings is 1. The van der Waals surface area contributed by atoms with Crippen molar-refractivity contribution in [2.75, 3.05) is 5.73 Å². The summed E-state index contributed by atoms with van der Waals surface area (Å²) in [7, 11) is 0. The Balaban J connectivity index is 2.21. The molecular weight excluding hydrogens is 210 g/mol. The second-order valence-corrected chi connectivity index (χ2v) is 4.62. The Morgan fingerprint density at radius 3 is 2.82 bits per heavy atom. The molecule has 0 amide bonds. The van der Waals surface area contributed by atoms with Crippen LogP contribution in [-0.4, -0.2) is 9.55 Å². The Hall–Kier alpha value is -1.51. The van der Waals surface area contributed by atoms with Gasteiger partial charge in [0.2, 0.25) is 5.95 Å². The number of hydrogen-bond donors (Lipinski definition) is 1. The number of nitrogen functional groups attached to an aromatic ring is 1. The number of imidazole rings is 1. The van der Waals surface area contributed by atoms with Crippen molar-refractivity contribution in [1.29, 1.82) is 0 Å². The Morgan fingerprint density at radius 2 is 2.06 bits per heavy atom. The van der Waals surface area contributed by atoms with Gasteiger partial charge in [-0.1, -0.05) is 38.3 Å². The van der Waals surface area contributed by atoms with E-state index in [1.54, 1.807) is 0 Å². The largest absolute Gasteiger partial charge is 0.369 e. The second-order valence-electron chi connectivity index (χ2n) is 4.62. The molecule has 1 aromatic carbocycles. The highest BCUT2D eigenvalue weighted by molar-refractivity contribution is 5.81. The van der Waals surface area contributed by atoms with Gasteiger partial charge in [-0.25, -0.2) is 4.98 Å². The summed E-state index contributed by atoms with van der Waals surface area (Å²) in [4.78, 5) is 4.45. The molecule has 0 spiro atoms. The van der Waals surface area contributed by atoms with Crippen LogP contribution in [0.25, 0.3) is 11.0 Å². The van der Waals surface area contributed by atoms with Gasteiger partial charge < -0.3 is 10.3 Å². The minimum Gasteiger partial charge on any atom is -0.369 e. The summed E-state index contributed by atoms with van der Waals surface area (Å²) in [5.41, 5.74) is 9.39. The van der Waals surface area contributed by atoms with Crippen molar-refractivity contribution >= 4 is 17.0 Å². The molecule has 0 fully saturated rings. The van der Waals surface area contributed by atoms with Gasteiger partial charge in [0.05, 0.1) is 11.0 Å². The minimum atomic E-state index is 0.644. The van der Waals surface area contributed by atoms with E-state index in [0.717, 1.165) is 12.1 Å². The third-order valence-electron chi connectivity index (χ3n) is 3.25. The number of fused-ring (bicyclic) bond motifs is 1. The molecule has 0 saturated heterocycles. The van der Waals surface area contributed by atoms with Gasteiger partial charge >= 0.3 is 0 Å². The first-order valence-corrected chi connectivity index (χ1v) is 6.45. The summed E-state index contributed by atoms with van der Waals surface area (Å²) in [6, 6.07) is 6.25. The summed E-state index contributed by atoms with van der Waals surface area (Å²) in [5, 5.41) is 0. The Morgan fingerprint density at radius 1 is 1.24 bits per heavy atom. The molecule has 0 aliphatic heterocycles. The average Bonchev–Trinajstić information content (AvgIpc) is 2.63. The standard InChI is InChI=1S/C14H21N3/c1-3-4-5-6-10-17-12-9-7-8-11(2)13(12)16-14(17)15/h7-9H,3-6,10H2,1-2H3,(H2,15,16). The van der Waals surface area contributed by atoms with Crippen LogP contribution in [0.15, 0.2) is 18.2 Å². The molecule has 2 aromatic rings. The maximum atomic E-state index is 5.99. The zero-order valence-electron chi connectivity index (χ0n) is 10.7. The van der Waals surface area contributed by atoms with Crippen molar-refractivity contribution in [2.45, 2.75) is 46.1 Å². The Bertz CT molecular complexity index is 499. The molecule has 0 aliphatic rings. The molecule has 0 radical (unpaired) electrons. The summed E-state index contributed by atoms with van der Waals surface area (Å²) < 4.78 is 2.14. The summed E-state index contributed by atoms with van der Waals surface area (Å²) in [6.45, 7) is 5.28. The van der Waals surface area contributed by atoms with Crippen molar-refractivity contribution in [3.05, 3.63) is 23.8 Å². The molecule has 0 saturated carbocycles. The Labute approximate surface area is 103 Å². The smallest absolute Gasteiger partial charge is 0.201 e. The summed E-state index contributed by atoms with van der Waals surface area (Å²) >= 11 is 0. The fourth-order valence-electron chi connectivity index (χ4n) is 2.24. The van der Waals surface area contributed by atoms with Crippen LogP contribution in [0.3, 0.4) is 0 Å². The van der Waals surface area contributed by atoms with Gasteiger partial charge in [-0.15, -0.1) is 0 Å². The molecule has 92 valence electrons. The van der Waals surface area contributed by atoms with E-state index in [-0.39, 0.29) is 0 Å². The lowest BCUT2D eigenvalue weighted by atomic mass is 10.2. The molecule has 0 unspecified atom stereocenters. The van der Waals surface area contributed by atoms with Crippen LogP contribution in [0.4, 0.5) is 5.95 Å². The average molecular weight is 231 g/mol. The SMILES string of the molecule is CCCCCCn1c(N)nc2c(C)cccc21. The summed E-state index contributed by atoms with van der Waals surface area (Å²) in [5.74, 6) is 0.644. The highest BCUT2D eigenvalue weighted by Gasteiger charge is 2.08. The van der Waals surface area contributed by atoms with Gasteiger partial charge in [0.15, 0.2) is 0 Å². The number of nitrogens with zero attached hydrogens (tertiary/aromatic N) is 2. The molecule has 3 nitrogen and oxygen atoms in total. The molecule has 17 heavy (non-hydrogen) atoms. The van der Waals surface area contributed by atoms with E-state index in [0.29, 0.717) is 5.95 Å². The van der Waals surface area contributed by atoms with Crippen LogP contribution in [-0.2, 0) is 6.54 Å². The number of anilines is 1. The molecule has 3 heteroatoms. The predicted molar refractivity (Wildman–Crippen MR) is 73.0 cm³/mol. The number of unbranched alkanes of at least 4 members (excludes halogenated alkanes) is 3. The van der Waals surface area contributed by atoms with E-state index in [2.05, 4.69) is 41.6 Å². The Kier molecular flexibility index (Phi) is 3.67. The van der Waals surface area contributed by atoms with Gasteiger partial charge in [0, 0.05) is 6.54 Å². The number of aromatic nitrogens is 2. The van der Waals surface area contributed by atoms with Crippen molar-refractivity contribution < 1.29 is 0 Å². The van der Waals surface area contributed by atoms with Crippen LogP contribution >= 0.6 is 0 Å². The molecule has 0 aliphatic carbocycles.